The van der Waals surface area contributed by atoms with Gasteiger partial charge in [0.1, 0.15) is 0 Å². The zero-order valence-corrected chi connectivity index (χ0v) is 20.8. The second-order valence-corrected chi connectivity index (χ2v) is 11.2. The molecule has 0 fully saturated rings. The zero-order chi connectivity index (χ0) is 24.8. The van der Waals surface area contributed by atoms with E-state index in [0.717, 1.165) is 16.0 Å². The lowest BCUT2D eigenvalue weighted by atomic mass is 9.87. The molecular weight excluding hydrogens is 474 g/mol. The number of fused-ring (bicyclic) bond motifs is 1. The van der Waals surface area contributed by atoms with Crippen LogP contribution in [0.4, 0.5) is 11.4 Å². The number of aryl methyl sites for hydroxylation is 1. The van der Waals surface area contributed by atoms with Crippen molar-refractivity contribution in [3.05, 3.63) is 82.1 Å². The van der Waals surface area contributed by atoms with Gasteiger partial charge >= 0.3 is 0 Å². The molecule has 176 valence electrons. The molecule has 9 heteroatoms. The highest BCUT2D eigenvalue weighted by molar-refractivity contribution is 7.92. The molecule has 7 nitrogen and oxygen atoms in total. The minimum absolute atomic E-state index is 0.0141. The molecule has 0 atom stereocenters. The number of hydrogen-bond acceptors (Lipinski definition) is 5. The van der Waals surface area contributed by atoms with E-state index in [0.29, 0.717) is 12.1 Å². The number of nitrogens with one attached hydrogen (secondary N) is 1. The number of sulfonamides is 1. The van der Waals surface area contributed by atoms with E-state index < -0.39 is 21.8 Å². The van der Waals surface area contributed by atoms with E-state index >= 15 is 0 Å². The van der Waals surface area contributed by atoms with E-state index in [2.05, 4.69) is 9.71 Å². The van der Waals surface area contributed by atoms with Crippen LogP contribution in [0.1, 0.15) is 59.5 Å². The maximum absolute atomic E-state index is 13.3. The van der Waals surface area contributed by atoms with E-state index in [4.69, 9.17) is 11.6 Å². The average Bonchev–Trinajstić information content (AvgIpc) is 3.06. The lowest BCUT2D eigenvalue weighted by Crippen LogP contribution is -2.29. The van der Waals surface area contributed by atoms with Crippen molar-refractivity contribution in [1.82, 2.24) is 4.98 Å². The fourth-order valence-corrected chi connectivity index (χ4v) is 5.08. The lowest BCUT2D eigenvalue weighted by molar-refractivity contribution is 0.0926. The number of amides is 2. The number of aromatic nitrogens is 1. The van der Waals surface area contributed by atoms with Crippen molar-refractivity contribution in [2.75, 3.05) is 9.62 Å². The van der Waals surface area contributed by atoms with Crippen molar-refractivity contribution in [2.45, 2.75) is 44.4 Å². The van der Waals surface area contributed by atoms with E-state index in [-0.39, 0.29) is 32.1 Å². The highest BCUT2D eigenvalue weighted by Crippen LogP contribution is 2.38. The highest BCUT2D eigenvalue weighted by Gasteiger charge is 2.41. The monoisotopic (exact) mass is 497 g/mol. The quantitative estimate of drug-likeness (QED) is 0.489. The summed E-state index contributed by atoms with van der Waals surface area (Å²) in [4.78, 5) is 31.6. The summed E-state index contributed by atoms with van der Waals surface area (Å²) in [5, 5.41) is 0.0629. The predicted octanol–water partition coefficient (Wildman–Crippen LogP) is 5.20. The number of rotatable bonds is 5. The van der Waals surface area contributed by atoms with Crippen LogP contribution in [0.3, 0.4) is 0 Å². The molecule has 0 bridgehead atoms. The first-order valence-corrected chi connectivity index (χ1v) is 12.6. The van der Waals surface area contributed by atoms with Gasteiger partial charge < -0.3 is 0 Å². The fraction of sp³-hybridized carbons (Fsp3) is 0.240. The van der Waals surface area contributed by atoms with Crippen LogP contribution in [0.15, 0.2) is 59.8 Å². The van der Waals surface area contributed by atoms with Gasteiger partial charge in [0.2, 0.25) is 0 Å². The lowest BCUT2D eigenvalue weighted by Gasteiger charge is -2.19. The Morgan fingerprint density at radius 1 is 0.971 bits per heavy atom. The van der Waals surface area contributed by atoms with Gasteiger partial charge in [-0.1, -0.05) is 51.4 Å². The largest absolute Gasteiger partial charge is 0.279 e. The van der Waals surface area contributed by atoms with Crippen LogP contribution in [-0.4, -0.2) is 25.2 Å². The summed E-state index contributed by atoms with van der Waals surface area (Å²) in [6, 6.07) is 11.0. The maximum atomic E-state index is 13.3. The molecule has 0 spiro atoms. The van der Waals surface area contributed by atoms with E-state index in [1.54, 1.807) is 24.4 Å². The summed E-state index contributed by atoms with van der Waals surface area (Å²) < 4.78 is 28.7. The Hall–Kier alpha value is -3.23. The van der Waals surface area contributed by atoms with Gasteiger partial charge in [0, 0.05) is 6.20 Å². The van der Waals surface area contributed by atoms with Crippen molar-refractivity contribution >= 4 is 44.8 Å². The number of carbonyl (C=O) groups excluding carboxylic acids is 2. The number of carbonyl (C=O) groups is 2. The van der Waals surface area contributed by atoms with Crippen molar-refractivity contribution in [1.29, 1.82) is 0 Å². The Kier molecular flexibility index (Phi) is 5.99. The zero-order valence-electron chi connectivity index (χ0n) is 19.2. The first kappa shape index (κ1) is 23.9. The Balaban J connectivity index is 1.73. The summed E-state index contributed by atoms with van der Waals surface area (Å²) in [7, 11) is -4.03. The topological polar surface area (TPSA) is 96.4 Å². The van der Waals surface area contributed by atoms with E-state index in [1.165, 1.54) is 30.5 Å². The number of hydrogen-bond donors (Lipinski definition) is 1. The number of imide groups is 1. The van der Waals surface area contributed by atoms with Crippen LogP contribution in [0.25, 0.3) is 0 Å². The van der Waals surface area contributed by atoms with Gasteiger partial charge in [0.05, 0.1) is 38.6 Å². The Labute approximate surface area is 203 Å². The average molecular weight is 498 g/mol. The van der Waals surface area contributed by atoms with Gasteiger partial charge in [-0.25, -0.2) is 13.3 Å². The minimum atomic E-state index is -4.03. The molecule has 0 radical (unpaired) electrons. The van der Waals surface area contributed by atoms with Gasteiger partial charge in [0.15, 0.2) is 0 Å². The van der Waals surface area contributed by atoms with E-state index in [9.17, 15) is 18.0 Å². The van der Waals surface area contributed by atoms with Crippen LogP contribution < -0.4 is 9.62 Å². The molecule has 1 aliphatic heterocycles. The van der Waals surface area contributed by atoms with Crippen LogP contribution in [0.2, 0.25) is 5.02 Å². The Bertz CT molecular complexity index is 1410. The first-order valence-electron chi connectivity index (χ1n) is 10.7. The molecule has 0 saturated carbocycles. The Morgan fingerprint density at radius 2 is 1.62 bits per heavy atom. The molecule has 2 heterocycles. The molecule has 1 aromatic heterocycles. The van der Waals surface area contributed by atoms with Crippen molar-refractivity contribution in [3.8, 4) is 0 Å². The third kappa shape index (κ3) is 4.19. The number of nitrogens with zero attached hydrogens (tertiary/aromatic N) is 2. The van der Waals surface area contributed by atoms with Crippen LogP contribution in [0.5, 0.6) is 0 Å². The SMILES string of the molecule is CCc1cncc(N2C(=O)c3c(Cl)ccc(NS(=O)(=O)c4ccc(C(C)(C)C)cc4)c3C2=O)c1. The fourth-order valence-electron chi connectivity index (χ4n) is 3.77. The Morgan fingerprint density at radius 3 is 2.24 bits per heavy atom. The van der Waals surface area contributed by atoms with Gasteiger partial charge in [-0.05, 0) is 53.3 Å². The molecule has 4 rings (SSSR count). The van der Waals surface area contributed by atoms with E-state index in [1.807, 2.05) is 27.7 Å². The summed E-state index contributed by atoms with van der Waals surface area (Å²) in [6.45, 7) is 8.03. The van der Waals surface area contributed by atoms with Gasteiger partial charge in [-0.3, -0.25) is 19.3 Å². The standard InChI is InChI=1S/C25H24ClN3O4S/c1-5-15-12-17(14-27-13-15)29-23(30)21-19(26)10-11-20(22(21)24(29)31)28-34(32,33)18-8-6-16(7-9-18)25(2,3)4/h6-14,28H,5H2,1-4H3. The first-order chi connectivity index (χ1) is 15.9. The van der Waals surface area contributed by atoms with Crippen LogP contribution in [0, 0.1) is 0 Å². The molecule has 0 unspecified atom stereocenters. The van der Waals surface area contributed by atoms with Crippen molar-refractivity contribution in [2.24, 2.45) is 0 Å². The highest BCUT2D eigenvalue weighted by atomic mass is 35.5. The third-order valence-corrected chi connectivity index (χ3v) is 7.41. The number of benzene rings is 2. The molecule has 1 aliphatic rings. The minimum Gasteiger partial charge on any atom is -0.279 e. The molecule has 34 heavy (non-hydrogen) atoms. The third-order valence-electron chi connectivity index (χ3n) is 5.71. The van der Waals surface area contributed by atoms with Gasteiger partial charge in [-0.15, -0.1) is 0 Å². The van der Waals surface area contributed by atoms with Crippen molar-refractivity contribution < 1.29 is 18.0 Å². The second kappa shape index (κ2) is 8.52. The maximum Gasteiger partial charge on any atom is 0.268 e. The molecule has 1 N–H and O–H groups in total. The number of halogens is 1. The summed E-state index contributed by atoms with van der Waals surface area (Å²) in [6.07, 6.45) is 3.73. The summed E-state index contributed by atoms with van der Waals surface area (Å²) in [5.74, 6) is -1.30. The predicted molar refractivity (Wildman–Crippen MR) is 132 cm³/mol. The van der Waals surface area contributed by atoms with Gasteiger partial charge in [0.25, 0.3) is 21.8 Å². The molecule has 0 aliphatic carbocycles. The molecule has 2 aromatic carbocycles. The summed E-state index contributed by atoms with van der Waals surface area (Å²) in [5.41, 5.74) is 1.85. The second-order valence-electron chi connectivity index (χ2n) is 9.08. The van der Waals surface area contributed by atoms with Crippen LogP contribution >= 0.6 is 11.6 Å². The molecule has 0 saturated heterocycles. The molecular formula is C25H24ClN3O4S. The molecule has 2 amide bonds. The van der Waals surface area contributed by atoms with Crippen LogP contribution in [-0.2, 0) is 21.9 Å². The molecule has 3 aromatic rings. The van der Waals surface area contributed by atoms with Gasteiger partial charge in [-0.2, -0.15) is 0 Å². The smallest absolute Gasteiger partial charge is 0.268 e. The van der Waals surface area contributed by atoms with Crippen molar-refractivity contribution in [3.63, 3.8) is 0 Å². The number of anilines is 2. The summed E-state index contributed by atoms with van der Waals surface area (Å²) >= 11 is 6.27. The number of pyridine rings is 1. The normalized spacial score (nSPS) is 13.9.